The van der Waals surface area contributed by atoms with Crippen molar-refractivity contribution in [2.45, 2.75) is 58.1 Å². The van der Waals surface area contributed by atoms with Crippen LogP contribution >= 0.6 is 0 Å². The summed E-state index contributed by atoms with van der Waals surface area (Å²) in [6.07, 6.45) is 5.43. The zero-order valence-electron chi connectivity index (χ0n) is 15.8. The molecule has 1 aromatic carbocycles. The van der Waals surface area contributed by atoms with E-state index in [1.165, 1.54) is 17.7 Å². The van der Waals surface area contributed by atoms with Gasteiger partial charge in [0.15, 0.2) is 0 Å². The van der Waals surface area contributed by atoms with Crippen LogP contribution in [0.5, 0.6) is 5.75 Å². The quantitative estimate of drug-likeness (QED) is 0.730. The third kappa shape index (κ3) is 3.87. The molecule has 2 aromatic rings. The van der Waals surface area contributed by atoms with E-state index in [0.717, 1.165) is 31.6 Å². The van der Waals surface area contributed by atoms with Gasteiger partial charge in [0.25, 0.3) is 0 Å². The summed E-state index contributed by atoms with van der Waals surface area (Å²) < 4.78 is 30.8. The first-order valence-electron chi connectivity index (χ1n) is 9.62. The minimum Gasteiger partial charge on any atom is -0.435 e. The number of rotatable bonds is 7. The Hall–Kier alpha value is -2.48. The number of carbonyl (C=O) groups excluding carboxylic acids is 1. The molecule has 0 unspecified atom stereocenters. The molecule has 2 atom stereocenters. The standard InChI is InChI=1S/C20H24F2N4O2/c1-2-25-12-15(10-23-25)11-24-8-7-17-18(24)9-19(27)26(17)13-14-3-5-16(6-4-14)28-20(21)22/h3-6,10,12,17-18,20H,2,7-9,11,13H2,1H3/t17-,18-/m0/s1. The Bertz CT molecular complexity index is 824. The second-order valence-electron chi connectivity index (χ2n) is 7.35. The van der Waals surface area contributed by atoms with Crippen molar-refractivity contribution in [1.82, 2.24) is 19.6 Å². The van der Waals surface area contributed by atoms with E-state index in [0.29, 0.717) is 13.0 Å². The molecule has 0 bridgehead atoms. The summed E-state index contributed by atoms with van der Waals surface area (Å²) in [4.78, 5) is 16.9. The second-order valence-corrected chi connectivity index (χ2v) is 7.35. The zero-order chi connectivity index (χ0) is 19.7. The van der Waals surface area contributed by atoms with E-state index in [1.54, 1.807) is 12.1 Å². The lowest BCUT2D eigenvalue weighted by Crippen LogP contribution is -2.36. The number of amides is 1. The highest BCUT2D eigenvalue weighted by molar-refractivity contribution is 5.80. The van der Waals surface area contributed by atoms with Crippen LogP contribution < -0.4 is 4.74 Å². The molecule has 2 saturated heterocycles. The molecule has 3 heterocycles. The van der Waals surface area contributed by atoms with Gasteiger partial charge < -0.3 is 9.64 Å². The van der Waals surface area contributed by atoms with Crippen molar-refractivity contribution < 1.29 is 18.3 Å². The van der Waals surface area contributed by atoms with E-state index in [1.807, 2.05) is 15.8 Å². The Balaban J connectivity index is 1.39. The highest BCUT2D eigenvalue weighted by Gasteiger charge is 2.46. The summed E-state index contributed by atoms with van der Waals surface area (Å²) in [5, 5.41) is 4.33. The molecule has 0 aliphatic carbocycles. The van der Waals surface area contributed by atoms with Crippen LogP contribution in [0.2, 0.25) is 0 Å². The zero-order valence-corrected chi connectivity index (χ0v) is 15.8. The number of fused-ring (bicyclic) bond motifs is 1. The highest BCUT2D eigenvalue weighted by atomic mass is 19.3. The second kappa shape index (κ2) is 7.87. The van der Waals surface area contributed by atoms with Crippen molar-refractivity contribution in [3.05, 3.63) is 47.8 Å². The largest absolute Gasteiger partial charge is 0.435 e. The topological polar surface area (TPSA) is 50.6 Å². The molecule has 8 heteroatoms. The SMILES string of the molecule is CCn1cc(CN2CC[C@H]3[C@@H]2CC(=O)N3Cc2ccc(OC(F)F)cc2)cn1. The number of hydrogen-bond acceptors (Lipinski definition) is 4. The van der Waals surface area contributed by atoms with Crippen molar-refractivity contribution in [1.29, 1.82) is 0 Å². The minimum atomic E-state index is -2.83. The van der Waals surface area contributed by atoms with Crippen molar-refractivity contribution in [2.75, 3.05) is 6.54 Å². The summed E-state index contributed by atoms with van der Waals surface area (Å²) >= 11 is 0. The Kier molecular flexibility index (Phi) is 5.30. The molecule has 6 nitrogen and oxygen atoms in total. The summed E-state index contributed by atoms with van der Waals surface area (Å²) in [6.45, 7) is 2.33. The van der Waals surface area contributed by atoms with Crippen molar-refractivity contribution >= 4 is 5.91 Å². The number of carbonyl (C=O) groups is 1. The summed E-state index contributed by atoms with van der Waals surface area (Å²) in [6, 6.07) is 6.94. The summed E-state index contributed by atoms with van der Waals surface area (Å²) in [5.74, 6) is 0.279. The average Bonchev–Trinajstić information content (AvgIpc) is 3.35. The molecular weight excluding hydrogens is 366 g/mol. The van der Waals surface area contributed by atoms with Crippen LogP contribution in [0, 0.1) is 0 Å². The van der Waals surface area contributed by atoms with E-state index >= 15 is 0 Å². The van der Waals surface area contributed by atoms with Crippen LogP contribution in [0.25, 0.3) is 0 Å². The number of halogens is 2. The van der Waals surface area contributed by atoms with Gasteiger partial charge in [0.05, 0.1) is 6.20 Å². The predicted molar refractivity (Wildman–Crippen MR) is 98.7 cm³/mol. The third-order valence-electron chi connectivity index (χ3n) is 5.63. The number of ether oxygens (including phenoxy) is 1. The number of aryl methyl sites for hydroxylation is 1. The molecule has 0 spiro atoms. The molecule has 4 rings (SSSR count). The number of likely N-dealkylation sites (tertiary alicyclic amines) is 2. The molecule has 2 aliphatic heterocycles. The number of benzene rings is 1. The Labute approximate surface area is 162 Å². The molecule has 1 aromatic heterocycles. The lowest BCUT2D eigenvalue weighted by Gasteiger charge is -2.25. The van der Waals surface area contributed by atoms with Crippen molar-refractivity contribution in [2.24, 2.45) is 0 Å². The third-order valence-corrected chi connectivity index (χ3v) is 5.63. The van der Waals surface area contributed by atoms with Gasteiger partial charge in [-0.1, -0.05) is 12.1 Å². The molecule has 2 fully saturated rings. The van der Waals surface area contributed by atoms with Crippen LogP contribution in [0.1, 0.15) is 30.9 Å². The minimum absolute atomic E-state index is 0.129. The monoisotopic (exact) mass is 390 g/mol. The van der Waals surface area contributed by atoms with Gasteiger partial charge in [-0.2, -0.15) is 13.9 Å². The Morgan fingerprint density at radius 1 is 1.18 bits per heavy atom. The van der Waals surface area contributed by atoms with Gasteiger partial charge in [-0.25, -0.2) is 0 Å². The van der Waals surface area contributed by atoms with E-state index < -0.39 is 6.61 Å². The van der Waals surface area contributed by atoms with Crippen LogP contribution in [-0.4, -0.2) is 50.7 Å². The molecule has 0 N–H and O–H groups in total. The molecule has 0 saturated carbocycles. The average molecular weight is 390 g/mol. The molecule has 28 heavy (non-hydrogen) atoms. The van der Waals surface area contributed by atoms with Crippen LogP contribution in [0.4, 0.5) is 8.78 Å². The first kappa shape index (κ1) is 18.9. The number of hydrogen-bond donors (Lipinski definition) is 0. The molecular formula is C20H24F2N4O2. The summed E-state index contributed by atoms with van der Waals surface area (Å²) in [7, 11) is 0. The predicted octanol–water partition coefficient (Wildman–Crippen LogP) is 2.88. The fourth-order valence-electron chi connectivity index (χ4n) is 4.28. The van der Waals surface area contributed by atoms with E-state index in [9.17, 15) is 13.6 Å². The van der Waals surface area contributed by atoms with Gasteiger partial charge in [-0.05, 0) is 31.0 Å². The van der Waals surface area contributed by atoms with Gasteiger partial charge in [0.2, 0.25) is 5.91 Å². The van der Waals surface area contributed by atoms with Gasteiger partial charge in [-0.15, -0.1) is 0 Å². The van der Waals surface area contributed by atoms with Gasteiger partial charge in [0.1, 0.15) is 5.75 Å². The van der Waals surface area contributed by atoms with Crippen molar-refractivity contribution in [3.8, 4) is 5.75 Å². The molecule has 1 amide bonds. The number of nitrogens with zero attached hydrogens (tertiary/aromatic N) is 4. The molecule has 150 valence electrons. The Morgan fingerprint density at radius 3 is 2.64 bits per heavy atom. The van der Waals surface area contributed by atoms with E-state index in [4.69, 9.17) is 0 Å². The summed E-state index contributed by atoms with van der Waals surface area (Å²) in [5.41, 5.74) is 2.08. The molecule has 0 radical (unpaired) electrons. The maximum atomic E-state index is 12.6. The van der Waals surface area contributed by atoms with Gasteiger partial charge >= 0.3 is 6.61 Å². The van der Waals surface area contributed by atoms with Gasteiger partial charge in [0, 0.05) is 56.4 Å². The first-order valence-corrected chi connectivity index (χ1v) is 9.62. The fourth-order valence-corrected chi connectivity index (χ4v) is 4.28. The highest BCUT2D eigenvalue weighted by Crippen LogP contribution is 2.34. The van der Waals surface area contributed by atoms with Gasteiger partial charge in [-0.3, -0.25) is 14.4 Å². The van der Waals surface area contributed by atoms with Crippen LogP contribution in [0.3, 0.4) is 0 Å². The van der Waals surface area contributed by atoms with Crippen molar-refractivity contribution in [3.63, 3.8) is 0 Å². The van der Waals surface area contributed by atoms with Crippen LogP contribution in [0.15, 0.2) is 36.7 Å². The lowest BCUT2D eigenvalue weighted by atomic mass is 10.1. The molecule has 2 aliphatic rings. The lowest BCUT2D eigenvalue weighted by molar-refractivity contribution is -0.129. The van der Waals surface area contributed by atoms with E-state index in [2.05, 4.69) is 27.9 Å². The smallest absolute Gasteiger partial charge is 0.387 e. The maximum absolute atomic E-state index is 12.6. The van der Waals surface area contributed by atoms with E-state index in [-0.39, 0.29) is 23.7 Å². The first-order chi connectivity index (χ1) is 13.5. The normalized spacial score (nSPS) is 22.3. The fraction of sp³-hybridized carbons (Fsp3) is 0.500. The maximum Gasteiger partial charge on any atom is 0.387 e. The van der Waals surface area contributed by atoms with Crippen LogP contribution in [-0.2, 0) is 24.4 Å². The number of alkyl halides is 2. The number of aromatic nitrogens is 2. The Morgan fingerprint density at radius 2 is 1.96 bits per heavy atom.